The number of methoxy groups -OCH3 is 1. The SMILES string of the molecule is CCOc1cc(C(CS(C)(=O)=O)N2Cc3ccc(CCCCCN4CCC(N5CCC(c6ccc(C(C)CCC(=O)NC=O)cc6)CC5)CC4)cc3C2=O)ccc1OC. The molecule has 11 nitrogen and oxygen atoms in total. The summed E-state index contributed by atoms with van der Waals surface area (Å²) in [6.45, 7) is 10.6. The van der Waals surface area contributed by atoms with Gasteiger partial charge in [0.05, 0.1) is 25.5 Å². The van der Waals surface area contributed by atoms with Gasteiger partial charge in [0.2, 0.25) is 12.3 Å². The maximum Gasteiger partial charge on any atom is 0.255 e. The van der Waals surface area contributed by atoms with Crippen LogP contribution in [-0.4, -0.2) is 106 Å². The molecule has 3 aliphatic rings. The van der Waals surface area contributed by atoms with Crippen LogP contribution in [0.1, 0.15) is 128 Å². The van der Waals surface area contributed by atoms with Crippen molar-refractivity contribution in [1.82, 2.24) is 20.0 Å². The highest BCUT2D eigenvalue weighted by Crippen LogP contribution is 2.37. The number of imide groups is 1. The van der Waals surface area contributed by atoms with Gasteiger partial charge in [0.15, 0.2) is 11.5 Å². The highest BCUT2D eigenvalue weighted by atomic mass is 32.2. The molecule has 320 valence electrons. The second-order valence-electron chi connectivity index (χ2n) is 16.9. The van der Waals surface area contributed by atoms with Gasteiger partial charge < -0.3 is 24.2 Å². The molecule has 3 aromatic carbocycles. The van der Waals surface area contributed by atoms with E-state index in [0.29, 0.717) is 60.6 Å². The number of carbonyl (C=O) groups excluding carboxylic acids is 3. The molecule has 3 aliphatic heterocycles. The molecule has 0 saturated carbocycles. The first-order valence-electron chi connectivity index (χ1n) is 21.7. The Labute approximate surface area is 351 Å². The Morgan fingerprint density at radius 3 is 2.32 bits per heavy atom. The van der Waals surface area contributed by atoms with Gasteiger partial charge in [-0.2, -0.15) is 0 Å². The van der Waals surface area contributed by atoms with Crippen molar-refractivity contribution in [2.24, 2.45) is 0 Å². The van der Waals surface area contributed by atoms with Crippen molar-refractivity contribution in [2.75, 3.05) is 58.4 Å². The van der Waals surface area contributed by atoms with Crippen LogP contribution >= 0.6 is 0 Å². The number of hydrogen-bond donors (Lipinski definition) is 1. The van der Waals surface area contributed by atoms with Gasteiger partial charge in [-0.1, -0.05) is 55.8 Å². The van der Waals surface area contributed by atoms with Crippen molar-refractivity contribution < 1.29 is 32.3 Å². The van der Waals surface area contributed by atoms with Crippen LogP contribution in [0.3, 0.4) is 0 Å². The first-order valence-corrected chi connectivity index (χ1v) is 23.7. The van der Waals surface area contributed by atoms with E-state index in [1.807, 2.05) is 25.1 Å². The number of sulfone groups is 1. The van der Waals surface area contributed by atoms with Crippen LogP contribution in [0, 0.1) is 0 Å². The van der Waals surface area contributed by atoms with Gasteiger partial charge in [-0.3, -0.25) is 19.7 Å². The van der Waals surface area contributed by atoms with E-state index in [1.54, 1.807) is 24.1 Å². The fourth-order valence-electron chi connectivity index (χ4n) is 9.30. The molecule has 0 radical (unpaired) electrons. The van der Waals surface area contributed by atoms with Gasteiger partial charge in [-0.15, -0.1) is 0 Å². The van der Waals surface area contributed by atoms with Gasteiger partial charge in [0.25, 0.3) is 5.91 Å². The summed E-state index contributed by atoms with van der Waals surface area (Å²) in [5.41, 5.74) is 6.11. The number of rotatable bonds is 20. The molecule has 2 fully saturated rings. The number of ether oxygens (including phenoxy) is 2. The minimum absolute atomic E-state index is 0.132. The highest BCUT2D eigenvalue weighted by molar-refractivity contribution is 7.90. The monoisotopic (exact) mass is 828 g/mol. The second kappa shape index (κ2) is 20.8. The molecule has 0 bridgehead atoms. The lowest BCUT2D eigenvalue weighted by Gasteiger charge is -2.42. The van der Waals surface area contributed by atoms with E-state index in [9.17, 15) is 22.8 Å². The maximum absolute atomic E-state index is 13.9. The van der Waals surface area contributed by atoms with Crippen molar-refractivity contribution in [3.8, 4) is 11.5 Å². The second-order valence-corrected chi connectivity index (χ2v) is 19.0. The van der Waals surface area contributed by atoms with Crippen LogP contribution in [0.25, 0.3) is 0 Å². The molecular formula is C47H64N4O7S. The molecule has 59 heavy (non-hydrogen) atoms. The Hall–Kier alpha value is -4.26. The van der Waals surface area contributed by atoms with Gasteiger partial charge >= 0.3 is 0 Å². The summed E-state index contributed by atoms with van der Waals surface area (Å²) in [5.74, 6) is 1.43. The minimum Gasteiger partial charge on any atom is -0.493 e. The fourth-order valence-corrected chi connectivity index (χ4v) is 10.2. The van der Waals surface area contributed by atoms with Crippen LogP contribution in [0.5, 0.6) is 11.5 Å². The number of nitrogens with zero attached hydrogens (tertiary/aromatic N) is 3. The molecule has 2 unspecified atom stereocenters. The summed E-state index contributed by atoms with van der Waals surface area (Å²) in [6, 6.07) is 20.6. The molecule has 2 atom stereocenters. The van der Waals surface area contributed by atoms with E-state index in [0.717, 1.165) is 69.5 Å². The smallest absolute Gasteiger partial charge is 0.255 e. The van der Waals surface area contributed by atoms with Gasteiger partial charge in [0, 0.05) is 30.8 Å². The Morgan fingerprint density at radius 2 is 1.64 bits per heavy atom. The lowest BCUT2D eigenvalue weighted by atomic mass is 9.86. The summed E-state index contributed by atoms with van der Waals surface area (Å²) in [7, 11) is -1.84. The third-order valence-corrected chi connectivity index (χ3v) is 13.7. The molecule has 3 amide bonds. The fraction of sp³-hybridized carbons (Fsp3) is 0.553. The maximum atomic E-state index is 13.9. The zero-order valence-electron chi connectivity index (χ0n) is 35.5. The Bertz CT molecular complexity index is 1990. The van der Waals surface area contributed by atoms with Crippen molar-refractivity contribution in [2.45, 2.75) is 109 Å². The topological polar surface area (TPSA) is 126 Å². The summed E-state index contributed by atoms with van der Waals surface area (Å²) in [6.07, 6.45) is 11.9. The number of fused-ring (bicyclic) bond motifs is 1. The van der Waals surface area contributed by atoms with Crippen molar-refractivity contribution in [3.63, 3.8) is 0 Å². The zero-order chi connectivity index (χ0) is 41.9. The Kier molecular flexibility index (Phi) is 15.6. The van der Waals surface area contributed by atoms with Crippen molar-refractivity contribution in [3.05, 3.63) is 94.0 Å². The molecule has 0 aliphatic carbocycles. The number of unbranched alkanes of at least 4 members (excludes halogenated alkanes) is 2. The number of likely N-dealkylation sites (tertiary alicyclic amines) is 2. The van der Waals surface area contributed by atoms with Crippen LogP contribution in [0.2, 0.25) is 0 Å². The van der Waals surface area contributed by atoms with E-state index in [4.69, 9.17) is 9.47 Å². The van der Waals surface area contributed by atoms with Gasteiger partial charge in [-0.05, 0) is 149 Å². The Balaban J connectivity index is 0.903. The molecule has 3 heterocycles. The van der Waals surface area contributed by atoms with Crippen molar-refractivity contribution in [1.29, 1.82) is 0 Å². The molecule has 2 saturated heterocycles. The predicted molar refractivity (Wildman–Crippen MR) is 232 cm³/mol. The quantitative estimate of drug-likeness (QED) is 0.0943. The first-order chi connectivity index (χ1) is 28.5. The molecule has 12 heteroatoms. The number of aryl methyl sites for hydroxylation is 1. The van der Waals surface area contributed by atoms with Crippen LogP contribution in [0.4, 0.5) is 0 Å². The third-order valence-electron chi connectivity index (χ3n) is 12.8. The third kappa shape index (κ3) is 11.9. The van der Waals surface area contributed by atoms with Crippen LogP contribution in [0.15, 0.2) is 60.7 Å². The predicted octanol–water partition coefficient (Wildman–Crippen LogP) is 7.05. The number of nitrogens with one attached hydrogen (secondary N) is 1. The van der Waals surface area contributed by atoms with E-state index >= 15 is 0 Å². The number of hydrogen-bond acceptors (Lipinski definition) is 9. The zero-order valence-corrected chi connectivity index (χ0v) is 36.3. The minimum atomic E-state index is -3.40. The molecule has 6 rings (SSSR count). The average Bonchev–Trinajstić information content (AvgIpc) is 3.56. The summed E-state index contributed by atoms with van der Waals surface area (Å²) < 4.78 is 36.4. The molecule has 0 aromatic heterocycles. The lowest BCUT2D eigenvalue weighted by Crippen LogP contribution is -2.47. The molecule has 1 N–H and O–H groups in total. The van der Waals surface area contributed by atoms with E-state index in [1.165, 1.54) is 49.5 Å². The van der Waals surface area contributed by atoms with Gasteiger partial charge in [-0.25, -0.2) is 8.42 Å². The summed E-state index contributed by atoms with van der Waals surface area (Å²) >= 11 is 0. The van der Waals surface area contributed by atoms with E-state index in [-0.39, 0.29) is 23.5 Å². The number of piperidine rings is 2. The lowest BCUT2D eigenvalue weighted by molar-refractivity contribution is -0.125. The summed E-state index contributed by atoms with van der Waals surface area (Å²) in [4.78, 5) is 43.1. The molecule has 3 aromatic rings. The Morgan fingerprint density at radius 1 is 0.915 bits per heavy atom. The van der Waals surface area contributed by atoms with E-state index in [2.05, 4.69) is 52.4 Å². The first kappa shape index (κ1) is 44.3. The largest absolute Gasteiger partial charge is 0.493 e. The number of carbonyl (C=O) groups is 3. The molecule has 0 spiro atoms. The van der Waals surface area contributed by atoms with Crippen LogP contribution < -0.4 is 14.8 Å². The van der Waals surface area contributed by atoms with E-state index < -0.39 is 15.9 Å². The molecular weight excluding hydrogens is 765 g/mol. The highest BCUT2D eigenvalue weighted by Gasteiger charge is 2.36. The number of benzene rings is 3. The number of amides is 3. The average molecular weight is 829 g/mol. The summed E-state index contributed by atoms with van der Waals surface area (Å²) in [5, 5.41) is 2.22. The standard InChI is InChI=1S/C47H64N4O7S/c1-5-58-45-30-39(17-18-44(45)57-3)43(32-59(4,55)56)51-31-40-12-11-35(29-42(40)47(51)54)9-7-6-8-24-49-25-22-41(23-26-49)50-27-20-38(21-28-50)37-15-13-36(14-16-37)34(2)10-19-46(53)48-33-52/h11-18,29-30,33-34,38,41,43H,5-10,19-28,31-32H2,1-4H3,(H,48,52,53). The normalized spacial score (nSPS) is 18.0. The van der Waals surface area contributed by atoms with Gasteiger partial charge in [0.1, 0.15) is 9.84 Å². The van der Waals surface area contributed by atoms with Crippen molar-refractivity contribution >= 4 is 28.1 Å². The van der Waals surface area contributed by atoms with Crippen LogP contribution in [-0.2, 0) is 32.4 Å².